The van der Waals surface area contributed by atoms with Gasteiger partial charge in [0.25, 0.3) is 0 Å². The fourth-order valence-corrected chi connectivity index (χ4v) is 4.34. The number of amides is 1. The molecule has 4 rings (SSSR count). The molecule has 1 atom stereocenters. The van der Waals surface area contributed by atoms with Gasteiger partial charge in [-0.15, -0.1) is 0 Å². The van der Waals surface area contributed by atoms with Crippen LogP contribution >= 0.6 is 0 Å². The van der Waals surface area contributed by atoms with Gasteiger partial charge in [-0.3, -0.25) is 14.7 Å². The molecule has 15 heteroatoms. The highest BCUT2D eigenvalue weighted by atomic mass is 19.4. The van der Waals surface area contributed by atoms with Gasteiger partial charge in [-0.2, -0.15) is 26.3 Å². The minimum atomic E-state index is -5.08. The first-order valence-electron chi connectivity index (χ1n) is 11.7. The standard InChI is InChI=1S/C20H25N3O2.2C2HF3O2/c24-19-4-8-20(23(19)15-17-5-10-21-11-6-17)7-2-12-22(13-9-20)16-18-3-1-14-25-18;2*3-2(4,5)1(6)7/h1,3,5-6,10-11,14H,2,4,7-9,12-13,15-16H2;2*(H,6,7). The maximum absolute atomic E-state index is 12.6. The first-order chi connectivity index (χ1) is 18.1. The van der Waals surface area contributed by atoms with E-state index in [4.69, 9.17) is 24.2 Å². The van der Waals surface area contributed by atoms with Crippen LogP contribution < -0.4 is 0 Å². The van der Waals surface area contributed by atoms with E-state index in [2.05, 4.69) is 14.8 Å². The van der Waals surface area contributed by atoms with Crippen LogP contribution in [0.15, 0.2) is 47.3 Å². The fraction of sp³-hybridized carbons (Fsp3) is 0.500. The maximum Gasteiger partial charge on any atom is 0.490 e. The molecule has 0 aliphatic carbocycles. The second kappa shape index (κ2) is 13.4. The molecule has 2 N–H and O–H groups in total. The predicted molar refractivity (Wildman–Crippen MR) is 122 cm³/mol. The Hall–Kier alpha value is -3.62. The van der Waals surface area contributed by atoms with Crippen molar-refractivity contribution in [3.05, 3.63) is 54.2 Å². The summed E-state index contributed by atoms with van der Waals surface area (Å²) in [7, 11) is 0. The summed E-state index contributed by atoms with van der Waals surface area (Å²) in [6.07, 6.45) is 0.126. The Kier molecular flexibility index (Phi) is 10.9. The minimum absolute atomic E-state index is 0.0261. The van der Waals surface area contributed by atoms with Crippen LogP contribution in [0.2, 0.25) is 0 Å². The van der Waals surface area contributed by atoms with E-state index >= 15 is 0 Å². The van der Waals surface area contributed by atoms with Crippen molar-refractivity contribution in [2.75, 3.05) is 13.1 Å². The molecule has 9 nitrogen and oxygen atoms in total. The second-order valence-electron chi connectivity index (χ2n) is 8.87. The Balaban J connectivity index is 0.000000317. The van der Waals surface area contributed by atoms with Crippen LogP contribution in [0.5, 0.6) is 0 Å². The molecule has 1 spiro atoms. The Labute approximate surface area is 219 Å². The number of halogens is 6. The lowest BCUT2D eigenvalue weighted by Crippen LogP contribution is -2.45. The molecule has 1 unspecified atom stereocenters. The first-order valence-corrected chi connectivity index (χ1v) is 11.7. The zero-order valence-corrected chi connectivity index (χ0v) is 20.5. The zero-order valence-electron chi connectivity index (χ0n) is 20.5. The van der Waals surface area contributed by atoms with Crippen molar-refractivity contribution in [3.8, 4) is 0 Å². The zero-order chi connectivity index (χ0) is 29.3. The van der Waals surface area contributed by atoms with Gasteiger partial charge in [-0.25, -0.2) is 9.59 Å². The number of aliphatic carboxylic acids is 2. The normalized spacial score (nSPS) is 19.9. The molecule has 2 aliphatic heterocycles. The first kappa shape index (κ1) is 31.6. The highest BCUT2D eigenvalue weighted by Crippen LogP contribution is 2.40. The number of pyridine rings is 1. The highest BCUT2D eigenvalue weighted by molar-refractivity contribution is 5.79. The van der Waals surface area contributed by atoms with Crippen LogP contribution in [0, 0.1) is 0 Å². The van der Waals surface area contributed by atoms with Crippen molar-refractivity contribution < 1.29 is 55.4 Å². The molecule has 2 saturated heterocycles. The van der Waals surface area contributed by atoms with Crippen LogP contribution in [0.1, 0.15) is 43.4 Å². The Morgan fingerprint density at radius 3 is 2.03 bits per heavy atom. The van der Waals surface area contributed by atoms with Crippen molar-refractivity contribution in [1.82, 2.24) is 14.8 Å². The van der Waals surface area contributed by atoms with Crippen molar-refractivity contribution in [2.45, 2.75) is 63.1 Å². The molecule has 2 aromatic rings. The SMILES string of the molecule is O=C(O)C(F)(F)F.O=C(O)C(F)(F)F.O=C1CCC2(CCCN(Cc3ccco3)CC2)N1Cc1ccncc1. The summed E-state index contributed by atoms with van der Waals surface area (Å²) in [5.41, 5.74) is 1.19. The summed E-state index contributed by atoms with van der Waals surface area (Å²) < 4.78 is 69.0. The summed E-state index contributed by atoms with van der Waals surface area (Å²) in [6.45, 7) is 3.65. The van der Waals surface area contributed by atoms with Crippen LogP contribution in [-0.4, -0.2) is 73.8 Å². The molecule has 0 aromatic carbocycles. The molecule has 0 radical (unpaired) electrons. The van der Waals surface area contributed by atoms with Gasteiger partial charge < -0.3 is 19.5 Å². The number of carboxylic acids is 2. The van der Waals surface area contributed by atoms with E-state index < -0.39 is 24.3 Å². The number of hydrogen-bond donors (Lipinski definition) is 2. The number of carboxylic acid groups (broad SMARTS) is 2. The average Bonchev–Trinajstić information content (AvgIpc) is 3.40. The number of aromatic nitrogens is 1. The third-order valence-electron chi connectivity index (χ3n) is 6.22. The molecule has 39 heavy (non-hydrogen) atoms. The van der Waals surface area contributed by atoms with E-state index in [0.717, 1.165) is 51.1 Å². The molecule has 2 aliphatic rings. The second-order valence-corrected chi connectivity index (χ2v) is 8.87. The Morgan fingerprint density at radius 2 is 1.51 bits per heavy atom. The lowest BCUT2D eigenvalue weighted by atomic mass is 9.87. The van der Waals surface area contributed by atoms with Crippen LogP contribution in [0.25, 0.3) is 0 Å². The Bertz CT molecular complexity index is 1050. The number of alkyl halides is 6. The monoisotopic (exact) mass is 567 g/mol. The van der Waals surface area contributed by atoms with E-state index in [1.807, 2.05) is 24.3 Å². The molecule has 2 fully saturated rings. The van der Waals surface area contributed by atoms with Gasteiger partial charge in [-0.05, 0) is 62.1 Å². The van der Waals surface area contributed by atoms with E-state index in [-0.39, 0.29) is 5.54 Å². The van der Waals surface area contributed by atoms with Crippen LogP contribution in [0.4, 0.5) is 26.3 Å². The average molecular weight is 567 g/mol. The molecular formula is C24H27F6N3O6. The van der Waals surface area contributed by atoms with Crippen LogP contribution in [0.3, 0.4) is 0 Å². The van der Waals surface area contributed by atoms with Gasteiger partial charge >= 0.3 is 24.3 Å². The molecule has 216 valence electrons. The lowest BCUT2D eigenvalue weighted by Gasteiger charge is -2.38. The quantitative estimate of drug-likeness (QED) is 0.518. The van der Waals surface area contributed by atoms with Gasteiger partial charge in [0.1, 0.15) is 5.76 Å². The van der Waals surface area contributed by atoms with E-state index in [1.165, 1.54) is 5.56 Å². The largest absolute Gasteiger partial charge is 0.490 e. The molecule has 0 saturated carbocycles. The fourth-order valence-electron chi connectivity index (χ4n) is 4.34. The van der Waals surface area contributed by atoms with E-state index in [1.54, 1.807) is 18.7 Å². The van der Waals surface area contributed by atoms with Gasteiger partial charge in [0, 0.05) is 37.4 Å². The van der Waals surface area contributed by atoms with Gasteiger partial charge in [0.05, 0.1) is 12.8 Å². The summed E-state index contributed by atoms with van der Waals surface area (Å²) in [4.78, 5) is 39.1. The number of hydrogen-bond acceptors (Lipinski definition) is 6. The summed E-state index contributed by atoms with van der Waals surface area (Å²) >= 11 is 0. The third-order valence-corrected chi connectivity index (χ3v) is 6.22. The molecular weight excluding hydrogens is 540 g/mol. The summed E-state index contributed by atoms with van der Waals surface area (Å²) in [5, 5.41) is 14.2. The maximum atomic E-state index is 12.6. The summed E-state index contributed by atoms with van der Waals surface area (Å²) in [6, 6.07) is 8.01. The number of furan rings is 1. The molecule has 0 bridgehead atoms. The van der Waals surface area contributed by atoms with E-state index in [9.17, 15) is 31.1 Å². The van der Waals surface area contributed by atoms with Crippen molar-refractivity contribution >= 4 is 17.8 Å². The third kappa shape index (κ3) is 9.89. The number of rotatable bonds is 4. The smallest absolute Gasteiger partial charge is 0.475 e. The predicted octanol–water partition coefficient (Wildman–Crippen LogP) is 4.49. The molecule has 1 amide bonds. The lowest BCUT2D eigenvalue weighted by molar-refractivity contribution is -0.193. The number of carbonyl (C=O) groups is 3. The van der Waals surface area contributed by atoms with Crippen molar-refractivity contribution in [1.29, 1.82) is 0 Å². The highest BCUT2D eigenvalue weighted by Gasteiger charge is 2.45. The van der Waals surface area contributed by atoms with Gasteiger partial charge in [-0.1, -0.05) is 0 Å². The van der Waals surface area contributed by atoms with Crippen molar-refractivity contribution in [2.24, 2.45) is 0 Å². The van der Waals surface area contributed by atoms with Crippen molar-refractivity contribution in [3.63, 3.8) is 0 Å². The molecule has 4 heterocycles. The van der Waals surface area contributed by atoms with Crippen LogP contribution in [-0.2, 0) is 27.5 Å². The minimum Gasteiger partial charge on any atom is -0.475 e. The molecule has 2 aromatic heterocycles. The number of nitrogens with zero attached hydrogens (tertiary/aromatic N) is 3. The van der Waals surface area contributed by atoms with E-state index in [0.29, 0.717) is 18.9 Å². The number of carbonyl (C=O) groups excluding carboxylic acids is 1. The van der Waals surface area contributed by atoms with Gasteiger partial charge in [0.15, 0.2) is 0 Å². The van der Waals surface area contributed by atoms with Gasteiger partial charge in [0.2, 0.25) is 5.91 Å². The topological polar surface area (TPSA) is 124 Å². The number of likely N-dealkylation sites (tertiary alicyclic amines) is 2. The Morgan fingerprint density at radius 1 is 0.923 bits per heavy atom. The summed E-state index contributed by atoms with van der Waals surface area (Å²) in [5.74, 6) is -4.19.